The van der Waals surface area contributed by atoms with Crippen LogP contribution in [-0.2, 0) is 20.9 Å². The SMILES string of the molecule is CC(C)(C)c1ccc(-c2cccc(S)c2-c2ccc(C(C)(C)C)cc2)cc1.O=S(=O)(O)C(F)(F)F. The summed E-state index contributed by atoms with van der Waals surface area (Å²) in [6.45, 7) is 13.5. The maximum Gasteiger partial charge on any atom is 0.522 e. The van der Waals surface area contributed by atoms with Crippen molar-refractivity contribution in [2.45, 2.75) is 62.8 Å². The van der Waals surface area contributed by atoms with Crippen LogP contribution in [-0.4, -0.2) is 18.5 Å². The average molecular weight is 525 g/mol. The molecule has 0 saturated heterocycles. The molecule has 0 radical (unpaired) electrons. The first kappa shape index (κ1) is 28.9. The fourth-order valence-corrected chi connectivity index (χ4v) is 3.71. The van der Waals surface area contributed by atoms with Crippen LogP contribution in [0.1, 0.15) is 52.7 Å². The molecule has 0 unspecified atom stereocenters. The summed E-state index contributed by atoms with van der Waals surface area (Å²) in [4.78, 5) is 1.01. The first-order chi connectivity index (χ1) is 15.8. The lowest BCUT2D eigenvalue weighted by atomic mass is 9.84. The van der Waals surface area contributed by atoms with Gasteiger partial charge in [0, 0.05) is 10.5 Å². The second-order valence-electron chi connectivity index (χ2n) is 10.3. The maximum absolute atomic E-state index is 10.7. The van der Waals surface area contributed by atoms with Crippen LogP contribution in [0.4, 0.5) is 13.2 Å². The Morgan fingerprint density at radius 1 is 0.686 bits per heavy atom. The number of hydrogen-bond acceptors (Lipinski definition) is 3. The van der Waals surface area contributed by atoms with Crippen LogP contribution in [0.2, 0.25) is 0 Å². The highest BCUT2D eigenvalue weighted by molar-refractivity contribution is 7.86. The molecule has 3 rings (SSSR count). The molecule has 3 aromatic rings. The van der Waals surface area contributed by atoms with Crippen molar-refractivity contribution in [3.05, 3.63) is 77.9 Å². The van der Waals surface area contributed by atoms with Gasteiger partial charge in [0.15, 0.2) is 0 Å². The second kappa shape index (κ2) is 10.4. The minimum atomic E-state index is -5.84. The van der Waals surface area contributed by atoms with Gasteiger partial charge in [-0.25, -0.2) is 0 Å². The van der Waals surface area contributed by atoms with Gasteiger partial charge in [0.2, 0.25) is 0 Å². The standard InChI is InChI=1S/C26H30S.CHF3O3S/c1-25(2,3)20-14-10-18(11-15-20)22-8-7-9-23(27)24(22)19-12-16-21(17-13-19)26(4,5)6;2-1(3,4)8(5,6)7/h7-17,27H,1-6H3;(H,5,6,7). The Bertz CT molecular complexity index is 1250. The van der Waals surface area contributed by atoms with Crippen LogP contribution in [0.5, 0.6) is 0 Å². The molecule has 0 amide bonds. The summed E-state index contributed by atoms with van der Waals surface area (Å²) in [6, 6.07) is 24.2. The third-order valence-electron chi connectivity index (χ3n) is 5.44. The molecule has 0 aliphatic rings. The van der Waals surface area contributed by atoms with Crippen molar-refractivity contribution >= 4 is 22.7 Å². The smallest absolute Gasteiger partial charge is 0.279 e. The Morgan fingerprint density at radius 2 is 1.06 bits per heavy atom. The zero-order valence-electron chi connectivity index (χ0n) is 20.6. The van der Waals surface area contributed by atoms with Gasteiger partial charge in [-0.2, -0.15) is 21.6 Å². The minimum Gasteiger partial charge on any atom is -0.279 e. The molecule has 0 atom stereocenters. The lowest BCUT2D eigenvalue weighted by Gasteiger charge is -2.21. The molecule has 0 bridgehead atoms. The third-order valence-corrected chi connectivity index (χ3v) is 6.39. The molecule has 0 aromatic heterocycles. The molecule has 8 heteroatoms. The molecule has 0 aliphatic heterocycles. The zero-order chi connectivity index (χ0) is 26.8. The van der Waals surface area contributed by atoms with E-state index in [1.165, 1.54) is 33.4 Å². The van der Waals surface area contributed by atoms with E-state index in [-0.39, 0.29) is 10.8 Å². The Kier molecular flexibility index (Phi) is 8.57. The summed E-state index contributed by atoms with van der Waals surface area (Å²) in [5.41, 5.74) is 2.35. The van der Waals surface area contributed by atoms with Crippen molar-refractivity contribution in [3.8, 4) is 22.3 Å². The molecule has 1 N–H and O–H groups in total. The second-order valence-corrected chi connectivity index (χ2v) is 12.2. The fourth-order valence-electron chi connectivity index (χ4n) is 3.37. The third kappa shape index (κ3) is 7.59. The van der Waals surface area contributed by atoms with Crippen molar-refractivity contribution < 1.29 is 26.1 Å². The number of halogens is 3. The summed E-state index contributed by atoms with van der Waals surface area (Å²) in [5.74, 6) is 0. The van der Waals surface area contributed by atoms with Gasteiger partial charge >= 0.3 is 15.6 Å². The molecule has 3 aromatic carbocycles. The summed E-state index contributed by atoms with van der Waals surface area (Å²) in [6.07, 6.45) is 0. The molecule has 190 valence electrons. The van der Waals surface area contributed by atoms with Crippen molar-refractivity contribution in [3.63, 3.8) is 0 Å². The molecule has 0 aliphatic carbocycles. The summed E-state index contributed by atoms with van der Waals surface area (Å²) in [5, 5.41) is 0. The lowest BCUT2D eigenvalue weighted by Crippen LogP contribution is -2.21. The van der Waals surface area contributed by atoms with E-state index in [0.29, 0.717) is 0 Å². The topological polar surface area (TPSA) is 54.4 Å². The number of benzene rings is 3. The van der Waals surface area contributed by atoms with Gasteiger partial charge in [-0.3, -0.25) is 4.55 Å². The summed E-state index contributed by atoms with van der Waals surface area (Å²) in [7, 11) is -5.84. The van der Waals surface area contributed by atoms with E-state index in [1.807, 2.05) is 0 Å². The van der Waals surface area contributed by atoms with Crippen LogP contribution in [0, 0.1) is 0 Å². The van der Waals surface area contributed by atoms with Gasteiger partial charge in [-0.05, 0) is 44.7 Å². The Labute approximate surface area is 211 Å². The number of alkyl halides is 3. The van der Waals surface area contributed by atoms with E-state index < -0.39 is 15.6 Å². The molecule has 3 nitrogen and oxygen atoms in total. The first-order valence-electron chi connectivity index (χ1n) is 10.9. The zero-order valence-corrected chi connectivity index (χ0v) is 22.3. The molecular formula is C27H31F3O3S2. The van der Waals surface area contributed by atoms with Crippen LogP contribution in [0.25, 0.3) is 22.3 Å². The molecule has 0 fully saturated rings. The highest BCUT2D eigenvalue weighted by Gasteiger charge is 2.44. The molecule has 35 heavy (non-hydrogen) atoms. The molecule has 0 spiro atoms. The predicted octanol–water partition coefficient (Wildman–Crippen LogP) is 8.30. The average Bonchev–Trinajstić information content (AvgIpc) is 2.71. The highest BCUT2D eigenvalue weighted by atomic mass is 32.2. The maximum atomic E-state index is 10.7. The molecule has 0 saturated carbocycles. The van der Waals surface area contributed by atoms with E-state index in [9.17, 15) is 13.2 Å². The number of thiol groups is 1. The van der Waals surface area contributed by atoms with Crippen molar-refractivity contribution in [2.24, 2.45) is 0 Å². The Balaban J connectivity index is 0.000000466. The fraction of sp³-hybridized carbons (Fsp3) is 0.333. The van der Waals surface area contributed by atoms with Crippen molar-refractivity contribution in [2.75, 3.05) is 0 Å². The summed E-state index contributed by atoms with van der Waals surface area (Å²) < 4.78 is 57.5. The van der Waals surface area contributed by atoms with E-state index in [4.69, 9.17) is 25.6 Å². The van der Waals surface area contributed by atoms with Gasteiger partial charge in [-0.1, -0.05) is 102 Å². The number of rotatable bonds is 2. The van der Waals surface area contributed by atoms with Gasteiger partial charge in [0.1, 0.15) is 0 Å². The van der Waals surface area contributed by atoms with Gasteiger partial charge in [-0.15, -0.1) is 12.6 Å². The predicted molar refractivity (Wildman–Crippen MR) is 140 cm³/mol. The Hall–Kier alpha value is -2.29. The monoisotopic (exact) mass is 524 g/mol. The first-order valence-corrected chi connectivity index (χ1v) is 12.8. The van der Waals surface area contributed by atoms with E-state index in [1.54, 1.807) is 0 Å². The minimum absolute atomic E-state index is 0.157. The van der Waals surface area contributed by atoms with Gasteiger partial charge < -0.3 is 0 Å². The van der Waals surface area contributed by atoms with E-state index in [0.717, 1.165) is 4.90 Å². The quantitative estimate of drug-likeness (QED) is 0.201. The van der Waals surface area contributed by atoms with Crippen molar-refractivity contribution in [1.29, 1.82) is 0 Å². The summed E-state index contributed by atoms with van der Waals surface area (Å²) >= 11 is 4.78. The lowest BCUT2D eigenvalue weighted by molar-refractivity contribution is -0.0510. The van der Waals surface area contributed by atoms with Crippen LogP contribution in [0.3, 0.4) is 0 Å². The van der Waals surface area contributed by atoms with E-state index in [2.05, 4.69) is 108 Å². The van der Waals surface area contributed by atoms with E-state index >= 15 is 0 Å². The highest BCUT2D eigenvalue weighted by Crippen LogP contribution is 2.38. The normalized spacial score (nSPS) is 12.7. The van der Waals surface area contributed by atoms with Crippen LogP contribution >= 0.6 is 12.6 Å². The largest absolute Gasteiger partial charge is 0.522 e. The Morgan fingerprint density at radius 3 is 1.40 bits per heavy atom. The van der Waals surface area contributed by atoms with Crippen LogP contribution in [0.15, 0.2) is 71.6 Å². The molecule has 0 heterocycles. The molecular weight excluding hydrogens is 493 g/mol. The van der Waals surface area contributed by atoms with Gasteiger partial charge in [0.25, 0.3) is 0 Å². The van der Waals surface area contributed by atoms with Gasteiger partial charge in [0.05, 0.1) is 0 Å². The van der Waals surface area contributed by atoms with Crippen molar-refractivity contribution in [1.82, 2.24) is 0 Å². The van der Waals surface area contributed by atoms with Crippen LogP contribution < -0.4 is 0 Å². The number of hydrogen-bond donors (Lipinski definition) is 2.